The monoisotopic (exact) mass is 294 g/mol. The summed E-state index contributed by atoms with van der Waals surface area (Å²) in [7, 11) is 0. The Labute approximate surface area is 94.8 Å². The lowest BCUT2D eigenvalue weighted by molar-refractivity contribution is -0.124. The molecular weight excluding hydrogens is 275 g/mol. The average Bonchev–Trinajstić information content (AvgIpc) is 2.08. The number of ketones is 1. The Morgan fingerprint density at radius 3 is 2.92 bits per heavy atom. The molecule has 0 amide bonds. The van der Waals surface area contributed by atoms with Gasteiger partial charge in [0.15, 0.2) is 0 Å². The minimum atomic E-state index is 0.420. The maximum Gasteiger partial charge on any atom is 0.135 e. The quantitative estimate of drug-likeness (QED) is 0.570. The van der Waals surface area contributed by atoms with Crippen molar-refractivity contribution in [3.63, 3.8) is 0 Å². The molecule has 13 heavy (non-hydrogen) atoms. The Morgan fingerprint density at radius 1 is 1.54 bits per heavy atom. The normalized spacial score (nSPS) is 26.0. The third kappa shape index (κ3) is 4.43. The van der Waals surface area contributed by atoms with Crippen LogP contribution in [-0.4, -0.2) is 9.71 Å². The Morgan fingerprint density at radius 2 is 2.31 bits per heavy atom. The van der Waals surface area contributed by atoms with Gasteiger partial charge in [-0.25, -0.2) is 0 Å². The number of alkyl halides is 1. The lowest BCUT2D eigenvalue weighted by Crippen LogP contribution is -2.18. The van der Waals surface area contributed by atoms with Crippen molar-refractivity contribution in [1.29, 1.82) is 0 Å². The molecule has 0 aromatic rings. The van der Waals surface area contributed by atoms with E-state index in [1.165, 1.54) is 19.3 Å². The van der Waals surface area contributed by atoms with E-state index in [-0.39, 0.29) is 0 Å². The van der Waals surface area contributed by atoms with Crippen LogP contribution >= 0.6 is 22.6 Å². The van der Waals surface area contributed by atoms with Crippen LogP contribution in [0.1, 0.15) is 51.9 Å². The first-order chi connectivity index (χ1) is 6.20. The van der Waals surface area contributed by atoms with Crippen LogP contribution < -0.4 is 0 Å². The highest BCUT2D eigenvalue weighted by molar-refractivity contribution is 14.1. The molecule has 0 aromatic heterocycles. The summed E-state index contributed by atoms with van der Waals surface area (Å²) >= 11 is 2.46. The summed E-state index contributed by atoms with van der Waals surface area (Å²) in [4.78, 5) is 11.5. The second-order valence-electron chi connectivity index (χ2n) is 4.12. The summed E-state index contributed by atoms with van der Waals surface area (Å²) in [6, 6.07) is 0. The van der Waals surface area contributed by atoms with E-state index in [1.54, 1.807) is 0 Å². The van der Waals surface area contributed by atoms with Crippen molar-refractivity contribution in [2.45, 2.75) is 55.8 Å². The number of hydrogen-bond acceptors (Lipinski definition) is 1. The van der Waals surface area contributed by atoms with Gasteiger partial charge in [0.25, 0.3) is 0 Å². The standard InChI is InChI=1S/C11H19IO/c1-9(12)5-4-7-10-6-2-3-8-11(10)13/h9-10H,2-8H2,1H3. The summed E-state index contributed by atoms with van der Waals surface area (Å²) in [5.74, 6) is 0.955. The summed E-state index contributed by atoms with van der Waals surface area (Å²) in [5.41, 5.74) is 0. The number of rotatable bonds is 4. The van der Waals surface area contributed by atoms with Crippen LogP contribution in [0.4, 0.5) is 0 Å². The molecule has 0 N–H and O–H groups in total. The minimum absolute atomic E-state index is 0.420. The van der Waals surface area contributed by atoms with Gasteiger partial charge in [0.1, 0.15) is 5.78 Å². The molecule has 1 rings (SSSR count). The third-order valence-corrected chi connectivity index (χ3v) is 3.46. The van der Waals surface area contributed by atoms with Crippen molar-refractivity contribution in [2.75, 3.05) is 0 Å². The summed E-state index contributed by atoms with van der Waals surface area (Å²) < 4.78 is 0.760. The molecule has 1 aliphatic rings. The Bertz CT molecular complexity index is 165. The van der Waals surface area contributed by atoms with E-state index < -0.39 is 0 Å². The first kappa shape index (κ1) is 11.5. The molecule has 2 atom stereocenters. The number of halogens is 1. The highest BCUT2D eigenvalue weighted by atomic mass is 127. The van der Waals surface area contributed by atoms with E-state index in [4.69, 9.17) is 0 Å². The molecule has 1 aliphatic carbocycles. The lowest BCUT2D eigenvalue weighted by atomic mass is 9.84. The molecule has 2 unspecified atom stereocenters. The molecule has 0 aromatic carbocycles. The Hall–Kier alpha value is 0.400. The second-order valence-corrected chi connectivity index (χ2v) is 6.25. The SMILES string of the molecule is CC(I)CCCC1CCCCC1=O. The van der Waals surface area contributed by atoms with Gasteiger partial charge in [-0.05, 0) is 25.7 Å². The molecule has 0 aliphatic heterocycles. The van der Waals surface area contributed by atoms with Crippen LogP contribution in [0.5, 0.6) is 0 Å². The average molecular weight is 294 g/mol. The van der Waals surface area contributed by atoms with Gasteiger partial charge in [0.2, 0.25) is 0 Å². The molecule has 0 radical (unpaired) electrons. The molecule has 76 valence electrons. The Balaban J connectivity index is 2.15. The van der Waals surface area contributed by atoms with Crippen molar-refractivity contribution in [2.24, 2.45) is 5.92 Å². The van der Waals surface area contributed by atoms with E-state index in [2.05, 4.69) is 29.5 Å². The van der Waals surface area contributed by atoms with Crippen LogP contribution in [0.2, 0.25) is 0 Å². The molecule has 0 bridgehead atoms. The largest absolute Gasteiger partial charge is 0.299 e. The van der Waals surface area contributed by atoms with Crippen LogP contribution in [0.3, 0.4) is 0 Å². The summed E-state index contributed by atoms with van der Waals surface area (Å²) in [5, 5.41) is 0. The van der Waals surface area contributed by atoms with Gasteiger partial charge in [-0.1, -0.05) is 42.4 Å². The number of hydrogen-bond donors (Lipinski definition) is 0. The highest BCUT2D eigenvalue weighted by Crippen LogP contribution is 2.25. The summed E-state index contributed by atoms with van der Waals surface area (Å²) in [6.45, 7) is 2.24. The molecule has 0 spiro atoms. The first-order valence-corrected chi connectivity index (χ1v) is 6.61. The van der Waals surface area contributed by atoms with Crippen molar-refractivity contribution >= 4 is 28.4 Å². The molecule has 2 heteroatoms. The lowest BCUT2D eigenvalue weighted by Gasteiger charge is -2.20. The minimum Gasteiger partial charge on any atom is -0.299 e. The Kier molecular flexibility index (Phi) is 5.29. The number of carbonyl (C=O) groups excluding carboxylic acids is 1. The van der Waals surface area contributed by atoms with Crippen LogP contribution in [0.25, 0.3) is 0 Å². The topological polar surface area (TPSA) is 17.1 Å². The van der Waals surface area contributed by atoms with Gasteiger partial charge in [-0.3, -0.25) is 4.79 Å². The zero-order valence-electron chi connectivity index (χ0n) is 8.39. The van der Waals surface area contributed by atoms with Gasteiger partial charge < -0.3 is 0 Å². The molecule has 1 saturated carbocycles. The van der Waals surface area contributed by atoms with Gasteiger partial charge in [-0.15, -0.1) is 0 Å². The van der Waals surface area contributed by atoms with E-state index in [0.717, 1.165) is 29.6 Å². The number of Topliss-reactive ketones (excluding diaryl/α,β-unsaturated/α-hetero) is 1. The third-order valence-electron chi connectivity index (χ3n) is 2.84. The van der Waals surface area contributed by atoms with Crippen molar-refractivity contribution in [3.8, 4) is 0 Å². The number of carbonyl (C=O) groups is 1. The fraction of sp³-hybridized carbons (Fsp3) is 0.909. The van der Waals surface area contributed by atoms with Crippen LogP contribution in [0, 0.1) is 5.92 Å². The molecule has 0 saturated heterocycles. The van der Waals surface area contributed by atoms with Crippen molar-refractivity contribution in [1.82, 2.24) is 0 Å². The van der Waals surface area contributed by atoms with E-state index in [0.29, 0.717) is 11.7 Å². The van der Waals surface area contributed by atoms with E-state index >= 15 is 0 Å². The second kappa shape index (κ2) is 5.99. The van der Waals surface area contributed by atoms with Crippen molar-refractivity contribution in [3.05, 3.63) is 0 Å². The fourth-order valence-electron chi connectivity index (χ4n) is 2.01. The highest BCUT2D eigenvalue weighted by Gasteiger charge is 2.21. The smallest absolute Gasteiger partial charge is 0.135 e. The fourth-order valence-corrected chi connectivity index (χ4v) is 2.45. The van der Waals surface area contributed by atoms with Crippen LogP contribution in [0.15, 0.2) is 0 Å². The van der Waals surface area contributed by atoms with Gasteiger partial charge in [0, 0.05) is 16.3 Å². The van der Waals surface area contributed by atoms with Gasteiger partial charge in [-0.2, -0.15) is 0 Å². The predicted octanol–water partition coefficient (Wildman–Crippen LogP) is 3.74. The molecular formula is C11H19IO. The van der Waals surface area contributed by atoms with Gasteiger partial charge in [0.05, 0.1) is 0 Å². The predicted molar refractivity (Wildman–Crippen MR) is 64.3 cm³/mol. The zero-order chi connectivity index (χ0) is 9.68. The maximum atomic E-state index is 11.5. The van der Waals surface area contributed by atoms with E-state index in [1.807, 2.05) is 0 Å². The zero-order valence-corrected chi connectivity index (χ0v) is 10.5. The van der Waals surface area contributed by atoms with E-state index in [9.17, 15) is 4.79 Å². The van der Waals surface area contributed by atoms with Crippen LogP contribution in [-0.2, 0) is 4.79 Å². The molecule has 1 fully saturated rings. The van der Waals surface area contributed by atoms with Crippen molar-refractivity contribution < 1.29 is 4.79 Å². The first-order valence-electron chi connectivity index (χ1n) is 5.37. The maximum absolute atomic E-state index is 11.5. The van der Waals surface area contributed by atoms with Gasteiger partial charge >= 0.3 is 0 Å². The summed E-state index contributed by atoms with van der Waals surface area (Å²) in [6.07, 6.45) is 8.07. The molecule has 1 nitrogen and oxygen atoms in total. The molecule has 0 heterocycles.